The number of phenolic OH excluding ortho intramolecular Hbond substituents is 1. The Morgan fingerprint density at radius 1 is 0.898 bits per heavy atom. The average Bonchev–Trinajstić information content (AvgIpc) is 3.81. The second kappa shape index (κ2) is 16.4. The minimum Gasteiger partial charge on any atom is -0.508 e. The van der Waals surface area contributed by atoms with E-state index in [0.717, 1.165) is 27.8 Å². The van der Waals surface area contributed by atoms with Gasteiger partial charge in [0, 0.05) is 24.0 Å². The van der Waals surface area contributed by atoms with E-state index in [2.05, 4.69) is 5.32 Å². The third-order valence-corrected chi connectivity index (χ3v) is 11.6. The second-order valence-corrected chi connectivity index (χ2v) is 16.6. The molecule has 0 spiro atoms. The Bertz CT molecular complexity index is 2150. The van der Waals surface area contributed by atoms with Gasteiger partial charge in [-0.25, -0.2) is 0 Å². The Labute approximate surface area is 343 Å². The molecule has 1 amide bonds. The van der Waals surface area contributed by atoms with Crippen LogP contribution in [0.25, 0.3) is 6.08 Å². The first kappa shape index (κ1) is 40.4. The number of para-hydroxylation sites is 1. The number of aliphatic hydroxyl groups is 1. The molecule has 0 aromatic heterocycles. The number of allylic oxidation sites excluding steroid dienone is 1. The molecule has 2 bridgehead atoms. The van der Waals surface area contributed by atoms with Crippen molar-refractivity contribution >= 4 is 23.9 Å². The van der Waals surface area contributed by atoms with Gasteiger partial charge in [-0.3, -0.25) is 19.2 Å². The number of rotatable bonds is 13. The first-order valence-electron chi connectivity index (χ1n) is 20.2. The van der Waals surface area contributed by atoms with Crippen LogP contribution in [0.3, 0.4) is 0 Å². The van der Waals surface area contributed by atoms with E-state index in [0.29, 0.717) is 6.42 Å². The highest BCUT2D eigenvalue weighted by Gasteiger charge is 2.76. The van der Waals surface area contributed by atoms with Crippen LogP contribution >= 0.6 is 0 Å². The van der Waals surface area contributed by atoms with Crippen molar-refractivity contribution in [2.24, 2.45) is 5.41 Å². The van der Waals surface area contributed by atoms with E-state index in [1.165, 1.54) is 5.06 Å². The highest BCUT2D eigenvalue weighted by Crippen LogP contribution is 2.59. The van der Waals surface area contributed by atoms with Crippen LogP contribution in [0.1, 0.15) is 67.9 Å². The molecule has 12 heteroatoms. The highest BCUT2D eigenvalue weighted by atomic mass is 16.8. The van der Waals surface area contributed by atoms with E-state index in [4.69, 9.17) is 23.8 Å². The molecule has 7 atom stereocenters. The Morgan fingerprint density at radius 3 is 2.19 bits per heavy atom. The molecule has 1 aliphatic carbocycles. The van der Waals surface area contributed by atoms with Gasteiger partial charge in [-0.15, -0.1) is 0 Å². The zero-order valence-corrected chi connectivity index (χ0v) is 33.4. The van der Waals surface area contributed by atoms with E-state index in [9.17, 15) is 19.8 Å². The average molecular weight is 803 g/mol. The molecule has 59 heavy (non-hydrogen) atoms. The lowest BCUT2D eigenvalue weighted by atomic mass is 9.62. The third-order valence-electron chi connectivity index (χ3n) is 11.6. The topological polar surface area (TPSA) is 153 Å². The van der Waals surface area contributed by atoms with Crippen molar-refractivity contribution in [3.05, 3.63) is 143 Å². The molecule has 4 aromatic carbocycles. The molecular formula is C47H50N2O10. The number of hydroxylamine groups is 2. The Kier molecular flexibility index (Phi) is 11.2. The number of ether oxygens (including phenoxy) is 4. The van der Waals surface area contributed by atoms with Gasteiger partial charge >= 0.3 is 11.9 Å². The normalized spacial score (nSPS) is 26.2. The summed E-state index contributed by atoms with van der Waals surface area (Å²) < 4.78 is 25.8. The molecule has 0 unspecified atom stereocenters. The number of carbonyl (C=O) groups is 3. The predicted octanol–water partition coefficient (Wildman–Crippen LogP) is 5.73. The molecule has 0 radical (unpaired) electrons. The molecule has 4 aromatic rings. The van der Waals surface area contributed by atoms with Gasteiger partial charge in [0.1, 0.15) is 41.2 Å². The van der Waals surface area contributed by atoms with Crippen molar-refractivity contribution in [1.29, 1.82) is 0 Å². The summed E-state index contributed by atoms with van der Waals surface area (Å²) in [6, 6.07) is 31.9. The molecule has 1 saturated carbocycles. The summed E-state index contributed by atoms with van der Waals surface area (Å²) in [7, 11) is 0. The maximum absolute atomic E-state index is 15.1. The molecule has 12 nitrogen and oxygen atoms in total. The molecular weight excluding hydrogens is 753 g/mol. The number of amides is 1. The quantitative estimate of drug-likeness (QED) is 0.142. The summed E-state index contributed by atoms with van der Waals surface area (Å²) in [5.41, 5.74) is 1.67. The Hall–Kier alpha value is -5.37. The fourth-order valence-electron chi connectivity index (χ4n) is 8.91. The molecule has 3 heterocycles. The Balaban J connectivity index is 1.15. The van der Waals surface area contributed by atoms with Gasteiger partial charge in [0.05, 0.1) is 19.2 Å². The van der Waals surface area contributed by atoms with Crippen LogP contribution in [0.2, 0.25) is 0 Å². The van der Waals surface area contributed by atoms with Crippen molar-refractivity contribution in [3.63, 3.8) is 0 Å². The van der Waals surface area contributed by atoms with E-state index in [1.54, 1.807) is 32.9 Å². The molecule has 3 aliphatic heterocycles. The number of hydrogen-bond acceptors (Lipinski definition) is 11. The van der Waals surface area contributed by atoms with Crippen LogP contribution in [0.5, 0.6) is 5.75 Å². The number of aromatic hydroxyl groups is 1. The van der Waals surface area contributed by atoms with E-state index in [-0.39, 0.29) is 31.6 Å². The number of hydrogen-bond donors (Lipinski definition) is 3. The maximum Gasteiger partial charge on any atom is 0.327 e. The second-order valence-electron chi connectivity index (χ2n) is 16.6. The lowest BCUT2D eigenvalue weighted by Gasteiger charge is -2.49. The van der Waals surface area contributed by atoms with Crippen LogP contribution in [-0.2, 0) is 56.9 Å². The molecule has 4 aliphatic rings. The first-order chi connectivity index (χ1) is 28.4. The number of esters is 2. The van der Waals surface area contributed by atoms with Crippen molar-refractivity contribution in [1.82, 2.24) is 10.4 Å². The molecule has 3 N–H and O–H groups in total. The van der Waals surface area contributed by atoms with Crippen LogP contribution in [0.4, 0.5) is 0 Å². The smallest absolute Gasteiger partial charge is 0.327 e. The standard InChI is InChI=1S/C47H50N2O10/c1-45(2,3)56-38(52)26-25-35(29-50)48-44(54)46-27-37-39-40(58-47(57-39,33-20-6-4-7-21-33)34-22-8-5-9-23-34)42(46)59-49(41(46)43(53)55-37)28-32-17-11-10-15-30(32)18-14-19-31-16-12-13-24-36(31)51/h4-18,20-24,35,37,39-42,50-51H,19,25-29H2,1-3H3,(H,48,54)/t35-,37+,39-,40-,41-,42+,46-/m0/s1. The van der Waals surface area contributed by atoms with Gasteiger partial charge in [0.2, 0.25) is 11.7 Å². The molecule has 308 valence electrons. The van der Waals surface area contributed by atoms with Crippen molar-refractivity contribution < 1.29 is 48.4 Å². The van der Waals surface area contributed by atoms with Crippen LogP contribution in [-0.4, -0.2) is 81.8 Å². The predicted molar refractivity (Wildman–Crippen MR) is 216 cm³/mol. The lowest BCUT2D eigenvalue weighted by molar-refractivity contribution is -0.213. The van der Waals surface area contributed by atoms with Gasteiger partial charge in [-0.2, -0.15) is 5.06 Å². The zero-order valence-electron chi connectivity index (χ0n) is 33.4. The number of carbonyl (C=O) groups excluding carboxylic acids is 3. The highest BCUT2D eigenvalue weighted by molar-refractivity contribution is 5.94. The van der Waals surface area contributed by atoms with Crippen molar-refractivity contribution in [2.45, 2.75) is 101 Å². The van der Waals surface area contributed by atoms with E-state index < -0.39 is 77.8 Å². The number of nitrogens with one attached hydrogen (secondary N) is 1. The summed E-state index contributed by atoms with van der Waals surface area (Å²) in [5.74, 6) is -2.82. The van der Waals surface area contributed by atoms with Gasteiger partial charge in [-0.1, -0.05) is 115 Å². The largest absolute Gasteiger partial charge is 0.508 e. The number of benzene rings is 4. The van der Waals surface area contributed by atoms with E-state index >= 15 is 4.79 Å². The summed E-state index contributed by atoms with van der Waals surface area (Å²) in [6.07, 6.45) is 0.950. The fourth-order valence-corrected chi connectivity index (χ4v) is 8.91. The van der Waals surface area contributed by atoms with Crippen molar-refractivity contribution in [2.75, 3.05) is 6.61 Å². The maximum atomic E-state index is 15.1. The summed E-state index contributed by atoms with van der Waals surface area (Å²) in [5, 5.41) is 25.3. The molecule has 4 fully saturated rings. The number of fused-ring (bicyclic) bond motifs is 4. The summed E-state index contributed by atoms with van der Waals surface area (Å²) in [4.78, 5) is 49.0. The zero-order chi connectivity index (χ0) is 41.4. The van der Waals surface area contributed by atoms with Gasteiger partial charge in [0.15, 0.2) is 6.04 Å². The van der Waals surface area contributed by atoms with Crippen LogP contribution in [0.15, 0.2) is 115 Å². The third kappa shape index (κ3) is 7.79. The van der Waals surface area contributed by atoms with Crippen molar-refractivity contribution in [3.8, 4) is 5.75 Å². The minimum atomic E-state index is -1.54. The van der Waals surface area contributed by atoms with Gasteiger partial charge < -0.3 is 34.5 Å². The Morgan fingerprint density at radius 2 is 1.53 bits per heavy atom. The number of nitrogens with zero attached hydrogens (tertiary/aromatic N) is 1. The fraction of sp³-hybridized carbons (Fsp3) is 0.383. The summed E-state index contributed by atoms with van der Waals surface area (Å²) >= 11 is 0. The SMILES string of the molecule is CC(C)(C)OC(=O)CC[C@@H](CO)NC(=O)[C@@]12C[C@H]3OC(=O)[C@@H]1N(Cc1ccccc1C=CCc1ccccc1O)O[C@@H]2[C@H]1OC(c2ccccc2)(c2ccccc2)O[C@H]13. The monoisotopic (exact) mass is 802 g/mol. The lowest BCUT2D eigenvalue weighted by Crippen LogP contribution is -2.70. The summed E-state index contributed by atoms with van der Waals surface area (Å²) in [6.45, 7) is 4.98. The van der Waals surface area contributed by atoms with E-state index in [1.807, 2.05) is 109 Å². The molecule has 3 saturated heterocycles. The molecule has 8 rings (SSSR count). The minimum absolute atomic E-state index is 0.0392. The van der Waals surface area contributed by atoms with Gasteiger partial charge in [-0.05, 0) is 56.4 Å². The number of phenols is 1. The van der Waals surface area contributed by atoms with Crippen LogP contribution < -0.4 is 5.32 Å². The number of aliphatic hydroxyl groups excluding tert-OH is 1. The van der Waals surface area contributed by atoms with Crippen LogP contribution in [0, 0.1) is 5.41 Å². The van der Waals surface area contributed by atoms with Gasteiger partial charge in [0.25, 0.3) is 0 Å². The first-order valence-corrected chi connectivity index (χ1v) is 20.2.